The molecule has 14 rings (SSSR count). The number of nitrogens with zero attached hydrogens (tertiary/aromatic N) is 7. The average Bonchev–Trinajstić information content (AvgIpc) is 1.50. The second-order valence-corrected chi connectivity index (χ2v) is 25.0. The minimum absolute atomic E-state index is 0.0110. The second kappa shape index (κ2) is 29.8. The van der Waals surface area contributed by atoms with E-state index in [1.807, 2.05) is 57.7 Å². The highest BCUT2D eigenvalue weighted by atomic mass is 19.4. The van der Waals surface area contributed by atoms with Crippen LogP contribution < -0.4 is 21.3 Å². The third-order valence-corrected chi connectivity index (χ3v) is 17.1. The van der Waals surface area contributed by atoms with Crippen molar-refractivity contribution >= 4 is 23.3 Å². The molecule has 0 spiro atoms. The first-order valence-corrected chi connectivity index (χ1v) is 32.5. The lowest BCUT2D eigenvalue weighted by atomic mass is 9.93. The van der Waals surface area contributed by atoms with Gasteiger partial charge in [-0.1, -0.05) is 52.0 Å². The van der Waals surface area contributed by atoms with Crippen LogP contribution in [0.1, 0.15) is 146 Å². The fourth-order valence-electron chi connectivity index (χ4n) is 12.5. The van der Waals surface area contributed by atoms with Crippen molar-refractivity contribution in [2.45, 2.75) is 158 Å². The second-order valence-electron chi connectivity index (χ2n) is 25.0. The summed E-state index contributed by atoms with van der Waals surface area (Å²) in [5.74, 6) is 7.91. The van der Waals surface area contributed by atoms with Gasteiger partial charge in [-0.15, -0.1) is 0 Å². The van der Waals surface area contributed by atoms with E-state index in [9.17, 15) is 26.3 Å². The minimum Gasteiger partial charge on any atom is -0.465 e. The van der Waals surface area contributed by atoms with E-state index in [-0.39, 0.29) is 35.7 Å². The van der Waals surface area contributed by atoms with Crippen molar-refractivity contribution in [1.82, 2.24) is 34.9 Å². The molecule has 21 heteroatoms. The van der Waals surface area contributed by atoms with Crippen LogP contribution in [-0.4, -0.2) is 48.0 Å². The van der Waals surface area contributed by atoms with Crippen molar-refractivity contribution in [3.63, 3.8) is 0 Å². The number of anilines is 4. The number of benzene rings is 2. The van der Waals surface area contributed by atoms with Gasteiger partial charge in [-0.2, -0.15) is 13.2 Å². The molecule has 0 saturated carbocycles. The summed E-state index contributed by atoms with van der Waals surface area (Å²) in [6.07, 6.45) is 20.9. The monoisotopic (exact) mass is 1290 g/mol. The molecule has 0 saturated heterocycles. The lowest BCUT2D eigenvalue weighted by Crippen LogP contribution is -2.09. The normalized spacial score (nSPS) is 13.8. The lowest BCUT2D eigenvalue weighted by molar-refractivity contribution is -0.152. The molecule has 15 nitrogen and oxygen atoms in total. The molecule has 2 aromatic carbocycles. The molecule has 4 aliphatic rings. The molecule has 8 heterocycles. The van der Waals surface area contributed by atoms with Gasteiger partial charge in [0.15, 0.2) is 0 Å². The van der Waals surface area contributed by atoms with E-state index in [1.54, 1.807) is 24.4 Å². The summed E-state index contributed by atoms with van der Waals surface area (Å²) >= 11 is 0. The number of nitrogens with one attached hydrogen (secondary N) is 4. The number of pyridine rings is 1. The van der Waals surface area contributed by atoms with Gasteiger partial charge in [-0.05, 0) is 127 Å². The third-order valence-electron chi connectivity index (χ3n) is 17.1. The van der Waals surface area contributed by atoms with Gasteiger partial charge in [0.2, 0.25) is 5.76 Å². The van der Waals surface area contributed by atoms with Crippen LogP contribution in [-0.2, 0) is 70.6 Å². The summed E-state index contributed by atoms with van der Waals surface area (Å²) in [6.45, 7) is 16.8. The van der Waals surface area contributed by atoms with Gasteiger partial charge in [-0.25, -0.2) is 33.1 Å². The zero-order valence-electron chi connectivity index (χ0n) is 54.2. The largest absolute Gasteiger partial charge is 0.465 e. The fraction of sp³-hybridized carbons (Fsp3) is 0.384. The van der Waals surface area contributed by atoms with E-state index in [1.165, 1.54) is 72.6 Å². The summed E-state index contributed by atoms with van der Waals surface area (Å²) in [7, 11) is 0. The van der Waals surface area contributed by atoms with E-state index in [0.717, 1.165) is 151 Å². The van der Waals surface area contributed by atoms with Crippen LogP contribution in [0.25, 0.3) is 44.9 Å². The molecule has 4 aliphatic carbocycles. The Kier molecular flexibility index (Phi) is 21.0. The van der Waals surface area contributed by atoms with Crippen LogP contribution in [0, 0.1) is 50.1 Å². The fourth-order valence-corrected chi connectivity index (χ4v) is 12.5. The number of hydrogen-bond acceptors (Lipinski definition) is 15. The van der Waals surface area contributed by atoms with Gasteiger partial charge in [0.05, 0.1) is 59.8 Å². The molecular weight excluding hydrogens is 1210 g/mol. The van der Waals surface area contributed by atoms with Crippen molar-refractivity contribution in [2.24, 2.45) is 11.8 Å². The van der Waals surface area contributed by atoms with E-state index >= 15 is 0 Å². The Morgan fingerprint density at radius 1 is 0.404 bits per heavy atom. The highest BCUT2D eigenvalue weighted by Crippen LogP contribution is 2.45. The Morgan fingerprint density at radius 2 is 0.819 bits per heavy atom. The van der Waals surface area contributed by atoms with Crippen molar-refractivity contribution in [1.29, 1.82) is 0 Å². The molecule has 0 bridgehead atoms. The van der Waals surface area contributed by atoms with E-state index < -0.39 is 23.6 Å². The van der Waals surface area contributed by atoms with Crippen molar-refractivity contribution in [3.05, 3.63) is 195 Å². The minimum atomic E-state index is -4.60. The molecule has 0 amide bonds. The SMILES string of the molecule is Cc1oc2c(c1-c1ccc(NCc3c(F)cccc3F)nc1)CCC2.Cc1oc2c(c1-c1cnc(NCC(C)C)cn1)CCC2.Cc1oc2c(c1-c1cnc(NCC(C)C)cn1)CCCC2.Fc1ccccc1CNc1cnc(-c2c(C(F)(F)F)oc3c2CCCC3)cn1. The lowest BCUT2D eigenvalue weighted by Gasteiger charge is -2.11. The molecular formula is C73H79F6N11O4. The van der Waals surface area contributed by atoms with Gasteiger partial charge in [0.25, 0.3) is 0 Å². The van der Waals surface area contributed by atoms with Crippen molar-refractivity contribution in [2.75, 3.05) is 34.4 Å². The van der Waals surface area contributed by atoms with Gasteiger partial charge in [-0.3, -0.25) is 15.0 Å². The number of hydrogen-bond donors (Lipinski definition) is 4. The first-order chi connectivity index (χ1) is 45.4. The zero-order valence-corrected chi connectivity index (χ0v) is 54.2. The third kappa shape index (κ3) is 15.7. The Bertz CT molecular complexity index is 4150. The maximum absolute atomic E-state index is 13.7. The summed E-state index contributed by atoms with van der Waals surface area (Å²) in [5, 5.41) is 12.5. The molecule has 0 aliphatic heterocycles. The first-order valence-electron chi connectivity index (χ1n) is 32.5. The highest BCUT2D eigenvalue weighted by Gasteiger charge is 2.42. The molecule has 8 aromatic heterocycles. The summed E-state index contributed by atoms with van der Waals surface area (Å²) in [5.41, 5.74) is 11.4. The van der Waals surface area contributed by atoms with Crippen LogP contribution in [0.3, 0.4) is 0 Å². The maximum Gasteiger partial charge on any atom is 0.450 e. The molecule has 0 unspecified atom stereocenters. The smallest absolute Gasteiger partial charge is 0.450 e. The molecule has 10 aromatic rings. The van der Waals surface area contributed by atoms with Crippen LogP contribution in [0.15, 0.2) is 116 Å². The molecule has 0 radical (unpaired) electrons. The summed E-state index contributed by atoms with van der Waals surface area (Å²) < 4.78 is 104. The van der Waals surface area contributed by atoms with Gasteiger partial charge in [0.1, 0.15) is 81.0 Å². The first kappa shape index (κ1) is 66.2. The van der Waals surface area contributed by atoms with E-state index in [2.05, 4.69) is 83.8 Å². The average molecular weight is 1290 g/mol. The van der Waals surface area contributed by atoms with Crippen LogP contribution >= 0.6 is 0 Å². The number of rotatable bonds is 16. The predicted octanol–water partition coefficient (Wildman–Crippen LogP) is 18.0. The molecule has 492 valence electrons. The number of aryl methyl sites for hydroxylation is 7. The number of halogens is 6. The number of aromatic nitrogens is 7. The predicted molar refractivity (Wildman–Crippen MR) is 352 cm³/mol. The Balaban J connectivity index is 0.000000129. The van der Waals surface area contributed by atoms with Crippen molar-refractivity contribution in [3.8, 4) is 44.9 Å². The standard InChI is InChI=1S/C20H17F4N3O.C20H18F2N2O.C17H23N3O.C16H21N3O/c21-14-7-3-1-5-12(14)9-26-17-11-25-15(10-27-17)18-13-6-2-4-8-16(13)28-19(18)20(22,23)24;1-12-20(14-4-2-7-18(14)25-12)13-8-9-19(23-10-13)24-11-15-16(21)5-3-6-17(15)22;1-11(2)8-19-16-10-18-14(9-20-16)17-12(3)21-15-7-5-4-6-13(15)17;1-10(2)7-18-15-9-17-13(8-19-15)16-11(3)20-14-6-4-5-12(14)16/h1,3,5,7,10-11H,2,4,6,8-9H2,(H,26,27);3,5-6,8-10H,2,4,7,11H2,1H3,(H,23,24);9-11H,4-8H2,1-3H3,(H,19,20);8-10H,4-7H2,1-3H3,(H,18,19). The summed E-state index contributed by atoms with van der Waals surface area (Å²) in [6, 6.07) is 13.9. The van der Waals surface area contributed by atoms with Gasteiger partial charge < -0.3 is 38.9 Å². The van der Waals surface area contributed by atoms with Crippen molar-refractivity contribution < 1.29 is 44.0 Å². The van der Waals surface area contributed by atoms with Crippen LogP contribution in [0.2, 0.25) is 0 Å². The maximum atomic E-state index is 13.7. The number of furan rings is 4. The van der Waals surface area contributed by atoms with E-state index in [0.29, 0.717) is 53.2 Å². The summed E-state index contributed by atoms with van der Waals surface area (Å²) in [4.78, 5) is 30.8. The van der Waals surface area contributed by atoms with E-state index in [4.69, 9.17) is 17.7 Å². The van der Waals surface area contributed by atoms with Gasteiger partial charge >= 0.3 is 6.18 Å². The molecule has 0 atom stereocenters. The Morgan fingerprint density at radius 3 is 1.30 bits per heavy atom. The molecule has 0 fully saturated rings. The zero-order chi connectivity index (χ0) is 66.0. The quantitative estimate of drug-likeness (QED) is 0.0668. The number of fused-ring (bicyclic) bond motifs is 4. The Hall–Kier alpha value is -9.27. The number of alkyl halides is 3. The van der Waals surface area contributed by atoms with Crippen LogP contribution in [0.4, 0.5) is 49.6 Å². The van der Waals surface area contributed by atoms with Gasteiger partial charge in [0, 0.05) is 114 Å². The molecule has 94 heavy (non-hydrogen) atoms. The van der Waals surface area contributed by atoms with Crippen LogP contribution in [0.5, 0.6) is 0 Å². The highest BCUT2D eigenvalue weighted by molar-refractivity contribution is 5.72. The topological polar surface area (TPSA) is 191 Å². The molecule has 4 N–H and O–H groups in total. The Labute approximate surface area is 543 Å².